The number of amides is 1. The van der Waals surface area contributed by atoms with Crippen LogP contribution in [0.4, 0.5) is 0 Å². The molecule has 1 aromatic heterocycles. The predicted molar refractivity (Wildman–Crippen MR) is 53.7 cm³/mol. The smallest absolute Gasteiger partial charge is 0.311 e. The van der Waals surface area contributed by atoms with Gasteiger partial charge in [-0.1, -0.05) is 0 Å². The Morgan fingerprint density at radius 2 is 2.19 bits per heavy atom. The molecule has 0 unspecified atom stereocenters. The van der Waals surface area contributed by atoms with E-state index >= 15 is 0 Å². The Labute approximate surface area is 91.7 Å². The van der Waals surface area contributed by atoms with Gasteiger partial charge in [-0.25, -0.2) is 0 Å². The summed E-state index contributed by atoms with van der Waals surface area (Å²) in [6.07, 6.45) is 4.00. The molecule has 1 aliphatic carbocycles. The van der Waals surface area contributed by atoms with E-state index in [0.29, 0.717) is 18.4 Å². The minimum atomic E-state index is -0.847. The van der Waals surface area contributed by atoms with Crippen molar-refractivity contribution in [1.29, 1.82) is 0 Å². The molecule has 6 heteroatoms. The Hall–Kier alpha value is -1.98. The second kappa shape index (κ2) is 3.88. The number of nitrogens with zero attached hydrogens (tertiary/aromatic N) is 2. The number of hydrogen-bond acceptors (Lipinski definition) is 4. The van der Waals surface area contributed by atoms with Gasteiger partial charge in [0.2, 0.25) is 0 Å². The van der Waals surface area contributed by atoms with Crippen LogP contribution in [-0.2, 0) is 4.79 Å². The molecule has 1 aromatic rings. The quantitative estimate of drug-likeness (QED) is 0.750. The molecule has 0 atom stereocenters. The lowest BCUT2D eigenvalue weighted by molar-refractivity contribution is -0.143. The van der Waals surface area contributed by atoms with Crippen LogP contribution in [0.2, 0.25) is 0 Å². The number of carbonyl (C=O) groups is 2. The van der Waals surface area contributed by atoms with Crippen molar-refractivity contribution >= 4 is 11.9 Å². The number of aromatic nitrogens is 2. The van der Waals surface area contributed by atoms with Gasteiger partial charge in [0.15, 0.2) is 0 Å². The third kappa shape index (κ3) is 2.00. The first-order chi connectivity index (χ1) is 7.64. The summed E-state index contributed by atoms with van der Waals surface area (Å²) in [5.74, 6) is -1.16. The van der Waals surface area contributed by atoms with E-state index in [2.05, 4.69) is 15.5 Å². The van der Waals surface area contributed by atoms with Crippen molar-refractivity contribution < 1.29 is 14.7 Å². The van der Waals surface area contributed by atoms with Crippen LogP contribution in [0, 0.1) is 5.41 Å². The number of carboxylic acids is 1. The third-order valence-electron chi connectivity index (χ3n) is 2.74. The van der Waals surface area contributed by atoms with Crippen LogP contribution >= 0.6 is 0 Å². The molecule has 16 heavy (non-hydrogen) atoms. The molecule has 84 valence electrons. The lowest BCUT2D eigenvalue weighted by Gasteiger charge is -2.10. The lowest BCUT2D eigenvalue weighted by atomic mass is 10.1. The van der Waals surface area contributed by atoms with Gasteiger partial charge in [0.05, 0.1) is 23.4 Å². The second-order valence-electron chi connectivity index (χ2n) is 3.90. The van der Waals surface area contributed by atoms with Crippen molar-refractivity contribution in [3.63, 3.8) is 0 Å². The van der Waals surface area contributed by atoms with E-state index in [1.54, 1.807) is 0 Å². The highest BCUT2D eigenvalue weighted by Crippen LogP contribution is 2.45. The molecule has 1 heterocycles. The molecule has 0 aliphatic heterocycles. The largest absolute Gasteiger partial charge is 0.481 e. The fourth-order valence-corrected chi connectivity index (χ4v) is 1.39. The van der Waals surface area contributed by atoms with Crippen LogP contribution in [0.25, 0.3) is 0 Å². The molecule has 1 amide bonds. The Morgan fingerprint density at radius 3 is 2.69 bits per heavy atom. The number of aliphatic carboxylic acids is 1. The van der Waals surface area contributed by atoms with Gasteiger partial charge >= 0.3 is 5.97 Å². The fourth-order valence-electron chi connectivity index (χ4n) is 1.39. The van der Waals surface area contributed by atoms with Crippen LogP contribution in [0.3, 0.4) is 0 Å². The number of hydrogen-bond donors (Lipinski definition) is 2. The van der Waals surface area contributed by atoms with E-state index in [-0.39, 0.29) is 12.5 Å². The molecular formula is C10H11N3O3. The monoisotopic (exact) mass is 221 g/mol. The zero-order valence-corrected chi connectivity index (χ0v) is 8.51. The highest BCUT2D eigenvalue weighted by Gasteiger charge is 2.50. The van der Waals surface area contributed by atoms with Gasteiger partial charge in [-0.15, -0.1) is 0 Å². The Bertz CT molecular complexity index is 415. The van der Waals surface area contributed by atoms with Crippen molar-refractivity contribution in [2.24, 2.45) is 5.41 Å². The number of carbonyl (C=O) groups excluding carboxylic acids is 1. The SMILES string of the molecule is O=C(NCC1(C(=O)O)CC1)c1ccnnc1. The van der Waals surface area contributed by atoms with E-state index < -0.39 is 11.4 Å². The van der Waals surface area contributed by atoms with Crippen LogP contribution in [0.15, 0.2) is 18.5 Å². The zero-order valence-electron chi connectivity index (χ0n) is 8.51. The number of rotatable bonds is 4. The first kappa shape index (κ1) is 10.5. The van der Waals surface area contributed by atoms with Gasteiger partial charge in [-0.3, -0.25) is 9.59 Å². The number of nitrogens with one attached hydrogen (secondary N) is 1. The summed E-state index contributed by atoms with van der Waals surface area (Å²) in [5, 5.41) is 18.6. The van der Waals surface area contributed by atoms with Gasteiger partial charge < -0.3 is 10.4 Å². The predicted octanol–water partition coefficient (Wildman–Crippen LogP) is 0.0712. The van der Waals surface area contributed by atoms with Crippen molar-refractivity contribution in [3.05, 3.63) is 24.0 Å². The normalized spacial score (nSPS) is 16.5. The molecule has 0 bridgehead atoms. The summed E-state index contributed by atoms with van der Waals surface area (Å²) in [6, 6.07) is 1.53. The minimum absolute atomic E-state index is 0.170. The van der Waals surface area contributed by atoms with E-state index in [9.17, 15) is 9.59 Å². The maximum Gasteiger partial charge on any atom is 0.311 e. The van der Waals surface area contributed by atoms with E-state index in [0.717, 1.165) is 0 Å². The van der Waals surface area contributed by atoms with Gasteiger partial charge in [0.1, 0.15) is 0 Å². The van der Waals surface area contributed by atoms with Crippen LogP contribution in [-0.4, -0.2) is 33.7 Å². The van der Waals surface area contributed by atoms with Crippen molar-refractivity contribution in [2.45, 2.75) is 12.8 Å². The molecule has 1 saturated carbocycles. The molecule has 1 aliphatic rings. The average molecular weight is 221 g/mol. The molecule has 1 fully saturated rings. The van der Waals surface area contributed by atoms with Gasteiger partial charge in [0, 0.05) is 6.54 Å². The lowest BCUT2D eigenvalue weighted by Crippen LogP contribution is -2.34. The summed E-state index contributed by atoms with van der Waals surface area (Å²) in [5.41, 5.74) is -0.355. The zero-order chi connectivity index (χ0) is 11.6. The maximum absolute atomic E-state index is 11.6. The second-order valence-corrected chi connectivity index (χ2v) is 3.90. The topological polar surface area (TPSA) is 92.2 Å². The van der Waals surface area contributed by atoms with Crippen LogP contribution in [0.1, 0.15) is 23.2 Å². The standard InChI is InChI=1S/C10H11N3O3/c14-8(7-1-4-12-13-5-7)11-6-10(2-3-10)9(15)16/h1,4-5H,2-3,6H2,(H,11,14)(H,15,16). The highest BCUT2D eigenvalue weighted by atomic mass is 16.4. The summed E-state index contributed by atoms with van der Waals surface area (Å²) in [6.45, 7) is 0.170. The molecule has 0 spiro atoms. The molecule has 0 aromatic carbocycles. The van der Waals surface area contributed by atoms with Crippen molar-refractivity contribution in [1.82, 2.24) is 15.5 Å². The Morgan fingerprint density at radius 1 is 1.44 bits per heavy atom. The Balaban J connectivity index is 1.92. The van der Waals surface area contributed by atoms with E-state index in [4.69, 9.17) is 5.11 Å². The van der Waals surface area contributed by atoms with Crippen molar-refractivity contribution in [2.75, 3.05) is 6.54 Å². The molecule has 0 radical (unpaired) electrons. The molecule has 2 N–H and O–H groups in total. The summed E-state index contributed by atoms with van der Waals surface area (Å²) in [7, 11) is 0. The summed E-state index contributed by atoms with van der Waals surface area (Å²) >= 11 is 0. The Kier molecular flexibility index (Phi) is 2.55. The molecule has 0 saturated heterocycles. The van der Waals surface area contributed by atoms with Crippen LogP contribution in [0.5, 0.6) is 0 Å². The summed E-state index contributed by atoms with van der Waals surface area (Å²) in [4.78, 5) is 22.4. The van der Waals surface area contributed by atoms with Gasteiger partial charge in [-0.05, 0) is 18.9 Å². The molecule has 6 nitrogen and oxygen atoms in total. The van der Waals surface area contributed by atoms with Crippen molar-refractivity contribution in [3.8, 4) is 0 Å². The average Bonchev–Trinajstić information content (AvgIpc) is 3.08. The highest BCUT2D eigenvalue weighted by molar-refractivity contribution is 5.94. The summed E-state index contributed by atoms with van der Waals surface area (Å²) < 4.78 is 0. The molecule has 2 rings (SSSR count). The fraction of sp³-hybridized carbons (Fsp3) is 0.400. The molecular weight excluding hydrogens is 210 g/mol. The third-order valence-corrected chi connectivity index (χ3v) is 2.74. The van der Waals surface area contributed by atoms with Crippen LogP contribution < -0.4 is 5.32 Å². The van der Waals surface area contributed by atoms with Gasteiger partial charge in [0.25, 0.3) is 5.91 Å². The first-order valence-corrected chi connectivity index (χ1v) is 4.92. The minimum Gasteiger partial charge on any atom is -0.481 e. The van der Waals surface area contributed by atoms with E-state index in [1.165, 1.54) is 18.5 Å². The maximum atomic E-state index is 11.6. The number of carboxylic acid groups (broad SMARTS) is 1. The van der Waals surface area contributed by atoms with E-state index in [1.807, 2.05) is 0 Å². The first-order valence-electron chi connectivity index (χ1n) is 4.92. The van der Waals surface area contributed by atoms with Gasteiger partial charge in [-0.2, -0.15) is 10.2 Å².